The zero-order chi connectivity index (χ0) is 8.81. The van der Waals surface area contributed by atoms with Crippen LogP contribution < -0.4 is 5.32 Å². The minimum Gasteiger partial charge on any atom is -0.316 e. The van der Waals surface area contributed by atoms with E-state index in [1.807, 2.05) is 0 Å². The number of hydrogen-bond donors (Lipinski definition) is 1. The molecule has 0 atom stereocenters. The number of nitrogens with zero attached hydrogens (tertiary/aromatic N) is 1. The summed E-state index contributed by atoms with van der Waals surface area (Å²) in [6.45, 7) is 10.2. The molecule has 0 aromatic rings. The molecule has 1 rings (SSSR count). The van der Waals surface area contributed by atoms with Crippen LogP contribution in [0.2, 0.25) is 0 Å². The zero-order valence-corrected chi connectivity index (χ0v) is 8.27. The number of rotatable bonds is 4. The molecule has 0 fully saturated rings. The molecule has 70 valence electrons. The first-order chi connectivity index (χ1) is 5.83. The highest BCUT2D eigenvalue weighted by Crippen LogP contribution is 2.08. The van der Waals surface area contributed by atoms with E-state index in [9.17, 15) is 0 Å². The fourth-order valence-corrected chi connectivity index (χ4v) is 1.43. The van der Waals surface area contributed by atoms with Gasteiger partial charge in [0, 0.05) is 26.2 Å². The molecule has 1 aliphatic rings. The third kappa shape index (κ3) is 3.37. The summed E-state index contributed by atoms with van der Waals surface area (Å²) in [6.07, 6.45) is 3.60. The maximum Gasteiger partial charge on any atom is 0.0166 e. The van der Waals surface area contributed by atoms with Gasteiger partial charge in [-0.3, -0.25) is 4.90 Å². The van der Waals surface area contributed by atoms with Crippen LogP contribution in [-0.4, -0.2) is 37.6 Å². The molecule has 12 heavy (non-hydrogen) atoms. The second kappa shape index (κ2) is 5.33. The maximum absolute atomic E-state index is 3.34. The van der Waals surface area contributed by atoms with E-state index in [1.165, 1.54) is 19.5 Å². The van der Waals surface area contributed by atoms with Crippen LogP contribution in [0.4, 0.5) is 0 Å². The van der Waals surface area contributed by atoms with Crippen molar-refractivity contribution >= 4 is 0 Å². The van der Waals surface area contributed by atoms with E-state index in [0.29, 0.717) is 0 Å². The molecule has 0 spiro atoms. The molecule has 1 N–H and O–H groups in total. The van der Waals surface area contributed by atoms with Gasteiger partial charge in [-0.05, 0) is 19.9 Å². The molecule has 0 amide bonds. The van der Waals surface area contributed by atoms with Gasteiger partial charge in [0.05, 0.1) is 0 Å². The fourth-order valence-electron chi connectivity index (χ4n) is 1.43. The van der Waals surface area contributed by atoms with E-state index >= 15 is 0 Å². The molecule has 2 heteroatoms. The van der Waals surface area contributed by atoms with Gasteiger partial charge >= 0.3 is 0 Å². The van der Waals surface area contributed by atoms with E-state index in [2.05, 4.69) is 30.1 Å². The first-order valence-electron chi connectivity index (χ1n) is 4.91. The highest BCUT2D eigenvalue weighted by molar-refractivity contribution is 5.03. The van der Waals surface area contributed by atoms with Crippen molar-refractivity contribution in [2.24, 2.45) is 0 Å². The summed E-state index contributed by atoms with van der Waals surface area (Å²) in [5, 5.41) is 3.34. The maximum atomic E-state index is 3.34. The normalized spacial score (nSPS) is 19.3. The van der Waals surface area contributed by atoms with Crippen LogP contribution in [0.5, 0.6) is 0 Å². The Morgan fingerprint density at radius 3 is 3.00 bits per heavy atom. The lowest BCUT2D eigenvalue weighted by molar-refractivity contribution is 0.294. The Kier molecular flexibility index (Phi) is 4.33. The monoisotopic (exact) mass is 168 g/mol. The number of likely N-dealkylation sites (N-methyl/N-ethyl adjacent to an activating group) is 1. The largest absolute Gasteiger partial charge is 0.316 e. The Morgan fingerprint density at radius 1 is 1.58 bits per heavy atom. The van der Waals surface area contributed by atoms with Crippen LogP contribution in [0, 0.1) is 0 Å². The van der Waals surface area contributed by atoms with E-state index < -0.39 is 0 Å². The van der Waals surface area contributed by atoms with Crippen molar-refractivity contribution in [2.45, 2.75) is 20.3 Å². The Balaban J connectivity index is 2.10. The second-order valence-electron chi connectivity index (χ2n) is 3.45. The van der Waals surface area contributed by atoms with Gasteiger partial charge < -0.3 is 5.32 Å². The third-order valence-corrected chi connectivity index (χ3v) is 2.38. The predicted octanol–water partition coefficient (Wildman–Crippen LogP) is 1.25. The molecule has 0 unspecified atom stereocenters. The van der Waals surface area contributed by atoms with Crippen LogP contribution >= 0.6 is 0 Å². The van der Waals surface area contributed by atoms with Gasteiger partial charge in [0.2, 0.25) is 0 Å². The summed E-state index contributed by atoms with van der Waals surface area (Å²) >= 11 is 0. The van der Waals surface area contributed by atoms with Crippen molar-refractivity contribution in [3.8, 4) is 0 Å². The van der Waals surface area contributed by atoms with Crippen molar-refractivity contribution < 1.29 is 0 Å². The number of nitrogens with one attached hydrogen (secondary N) is 1. The summed E-state index contributed by atoms with van der Waals surface area (Å²) in [4.78, 5) is 2.50. The Hall–Kier alpha value is -0.340. The molecule has 0 radical (unpaired) electrons. The molecular formula is C10H20N2. The fraction of sp³-hybridized carbons (Fsp3) is 0.800. The van der Waals surface area contributed by atoms with Gasteiger partial charge in [0.1, 0.15) is 0 Å². The van der Waals surface area contributed by atoms with Crippen LogP contribution in [0.3, 0.4) is 0 Å². The minimum atomic E-state index is 1.09. The molecule has 2 nitrogen and oxygen atoms in total. The lowest BCUT2D eigenvalue weighted by atomic mass is 10.1. The van der Waals surface area contributed by atoms with Crippen LogP contribution in [0.15, 0.2) is 11.6 Å². The number of hydrogen-bond acceptors (Lipinski definition) is 2. The molecule has 1 heterocycles. The van der Waals surface area contributed by atoms with Crippen LogP contribution in [0.25, 0.3) is 0 Å². The molecule has 1 aliphatic heterocycles. The molecule has 0 saturated carbocycles. The quantitative estimate of drug-likeness (QED) is 0.502. The molecule has 0 aliphatic carbocycles. The first-order valence-corrected chi connectivity index (χ1v) is 4.91. The topological polar surface area (TPSA) is 15.3 Å². The minimum absolute atomic E-state index is 1.09. The van der Waals surface area contributed by atoms with Gasteiger partial charge in [0.15, 0.2) is 0 Å². The Bertz CT molecular complexity index is 152. The zero-order valence-electron chi connectivity index (χ0n) is 8.27. The molecular weight excluding hydrogens is 148 g/mol. The first kappa shape index (κ1) is 9.75. The SMILES string of the molecule is CCNCCN1CC=C(C)CC1. The van der Waals surface area contributed by atoms with E-state index in [0.717, 1.165) is 19.6 Å². The summed E-state index contributed by atoms with van der Waals surface area (Å²) in [7, 11) is 0. The smallest absolute Gasteiger partial charge is 0.0166 e. The highest BCUT2D eigenvalue weighted by atomic mass is 15.1. The van der Waals surface area contributed by atoms with Crippen LogP contribution in [-0.2, 0) is 0 Å². The van der Waals surface area contributed by atoms with Gasteiger partial charge in [-0.25, -0.2) is 0 Å². The van der Waals surface area contributed by atoms with Crippen molar-refractivity contribution in [3.05, 3.63) is 11.6 Å². The summed E-state index contributed by atoms with van der Waals surface area (Å²) < 4.78 is 0. The molecule has 0 aromatic heterocycles. The van der Waals surface area contributed by atoms with Gasteiger partial charge in [-0.15, -0.1) is 0 Å². The molecule has 0 bridgehead atoms. The van der Waals surface area contributed by atoms with Crippen molar-refractivity contribution in [1.82, 2.24) is 10.2 Å². The Morgan fingerprint density at radius 2 is 2.42 bits per heavy atom. The third-order valence-electron chi connectivity index (χ3n) is 2.38. The molecule has 0 aromatic carbocycles. The van der Waals surface area contributed by atoms with E-state index in [-0.39, 0.29) is 0 Å². The summed E-state index contributed by atoms with van der Waals surface area (Å²) in [5.41, 5.74) is 1.55. The van der Waals surface area contributed by atoms with Gasteiger partial charge in [0.25, 0.3) is 0 Å². The van der Waals surface area contributed by atoms with Crippen molar-refractivity contribution in [1.29, 1.82) is 0 Å². The summed E-state index contributed by atoms with van der Waals surface area (Å²) in [6, 6.07) is 0. The van der Waals surface area contributed by atoms with Crippen LogP contribution in [0.1, 0.15) is 20.3 Å². The highest BCUT2D eigenvalue weighted by Gasteiger charge is 2.07. The average molecular weight is 168 g/mol. The lowest BCUT2D eigenvalue weighted by Crippen LogP contribution is -2.34. The second-order valence-corrected chi connectivity index (χ2v) is 3.45. The van der Waals surface area contributed by atoms with E-state index in [4.69, 9.17) is 0 Å². The summed E-state index contributed by atoms with van der Waals surface area (Å²) in [5.74, 6) is 0. The van der Waals surface area contributed by atoms with Crippen molar-refractivity contribution in [2.75, 3.05) is 32.7 Å². The van der Waals surface area contributed by atoms with E-state index in [1.54, 1.807) is 5.57 Å². The predicted molar refractivity (Wildman–Crippen MR) is 53.4 cm³/mol. The molecule has 0 saturated heterocycles. The standard InChI is InChI=1S/C10H20N2/c1-3-11-6-9-12-7-4-10(2)5-8-12/h4,11H,3,5-9H2,1-2H3. The van der Waals surface area contributed by atoms with Crippen molar-refractivity contribution in [3.63, 3.8) is 0 Å². The Labute approximate surface area is 75.6 Å². The average Bonchev–Trinajstić information content (AvgIpc) is 2.09. The lowest BCUT2D eigenvalue weighted by Gasteiger charge is -2.24. The van der Waals surface area contributed by atoms with Gasteiger partial charge in [-0.1, -0.05) is 18.6 Å². The van der Waals surface area contributed by atoms with Gasteiger partial charge in [-0.2, -0.15) is 0 Å².